The Morgan fingerprint density at radius 2 is 1.94 bits per heavy atom. The molecule has 0 bridgehead atoms. The van der Waals surface area contributed by atoms with Gasteiger partial charge < -0.3 is 10.2 Å². The van der Waals surface area contributed by atoms with E-state index in [1.165, 1.54) is 64.7 Å². The van der Waals surface area contributed by atoms with Crippen LogP contribution >= 0.6 is 0 Å². The fraction of sp³-hybridized carbons (Fsp3) is 1.00. The van der Waals surface area contributed by atoms with Gasteiger partial charge in [-0.3, -0.25) is 0 Å². The van der Waals surface area contributed by atoms with Crippen molar-refractivity contribution in [3.63, 3.8) is 0 Å². The predicted octanol–water partition coefficient (Wildman–Crippen LogP) is 3.28. The second-order valence-corrected chi connectivity index (χ2v) is 5.73. The quantitative estimate of drug-likeness (QED) is 0.700. The van der Waals surface area contributed by atoms with Gasteiger partial charge in [-0.25, -0.2) is 0 Å². The molecule has 0 amide bonds. The number of likely N-dealkylation sites (tertiary alicyclic amines) is 1. The third kappa shape index (κ3) is 6.42. The Labute approximate surface area is 108 Å². The third-order valence-electron chi connectivity index (χ3n) is 4.08. The summed E-state index contributed by atoms with van der Waals surface area (Å²) in [5, 5.41) is 3.65. The second kappa shape index (κ2) is 8.93. The number of hydrogen-bond acceptors (Lipinski definition) is 2. The second-order valence-electron chi connectivity index (χ2n) is 5.73. The van der Waals surface area contributed by atoms with E-state index in [1.54, 1.807) is 0 Å². The summed E-state index contributed by atoms with van der Waals surface area (Å²) in [4.78, 5) is 2.66. The van der Waals surface area contributed by atoms with Gasteiger partial charge in [0.25, 0.3) is 0 Å². The SMILES string of the molecule is CCCNC(CC)CCCN1CCC(C)CC1. The first kappa shape index (κ1) is 15.0. The monoisotopic (exact) mass is 240 g/mol. The fourth-order valence-corrected chi connectivity index (χ4v) is 2.65. The minimum absolute atomic E-state index is 0.749. The average Bonchev–Trinajstić information content (AvgIpc) is 2.36. The predicted molar refractivity (Wildman–Crippen MR) is 76.4 cm³/mol. The maximum Gasteiger partial charge on any atom is 0.00649 e. The minimum Gasteiger partial charge on any atom is -0.314 e. The van der Waals surface area contributed by atoms with E-state index >= 15 is 0 Å². The summed E-state index contributed by atoms with van der Waals surface area (Å²) in [5.41, 5.74) is 0. The van der Waals surface area contributed by atoms with Crippen LogP contribution in [0.2, 0.25) is 0 Å². The van der Waals surface area contributed by atoms with Gasteiger partial charge in [0.2, 0.25) is 0 Å². The van der Waals surface area contributed by atoms with Gasteiger partial charge in [-0.2, -0.15) is 0 Å². The highest BCUT2D eigenvalue weighted by molar-refractivity contribution is 4.71. The largest absolute Gasteiger partial charge is 0.314 e. The minimum atomic E-state index is 0.749. The molecule has 2 nitrogen and oxygen atoms in total. The van der Waals surface area contributed by atoms with Gasteiger partial charge in [-0.15, -0.1) is 0 Å². The molecule has 1 fully saturated rings. The highest BCUT2D eigenvalue weighted by Gasteiger charge is 2.15. The maximum atomic E-state index is 3.65. The van der Waals surface area contributed by atoms with E-state index in [0.29, 0.717) is 0 Å². The Hall–Kier alpha value is -0.0800. The van der Waals surface area contributed by atoms with E-state index in [-0.39, 0.29) is 0 Å². The van der Waals surface area contributed by atoms with Crippen molar-refractivity contribution in [2.24, 2.45) is 5.92 Å². The van der Waals surface area contributed by atoms with Crippen LogP contribution in [0.4, 0.5) is 0 Å². The molecular formula is C15H32N2. The van der Waals surface area contributed by atoms with E-state index < -0.39 is 0 Å². The van der Waals surface area contributed by atoms with Crippen LogP contribution in [0.5, 0.6) is 0 Å². The summed E-state index contributed by atoms with van der Waals surface area (Å²) in [6.07, 6.45) is 8.06. The van der Waals surface area contributed by atoms with Crippen molar-refractivity contribution in [1.29, 1.82) is 0 Å². The molecule has 0 aromatic carbocycles. The molecule has 0 aromatic rings. The first-order valence-electron chi connectivity index (χ1n) is 7.72. The van der Waals surface area contributed by atoms with Crippen LogP contribution in [-0.2, 0) is 0 Å². The van der Waals surface area contributed by atoms with Crippen molar-refractivity contribution in [2.45, 2.75) is 65.3 Å². The normalized spacial score (nSPS) is 20.6. The van der Waals surface area contributed by atoms with Crippen LogP contribution in [0.25, 0.3) is 0 Å². The van der Waals surface area contributed by atoms with Crippen molar-refractivity contribution in [1.82, 2.24) is 10.2 Å². The van der Waals surface area contributed by atoms with Crippen LogP contribution < -0.4 is 5.32 Å². The Morgan fingerprint density at radius 3 is 2.53 bits per heavy atom. The lowest BCUT2D eigenvalue weighted by atomic mass is 9.99. The van der Waals surface area contributed by atoms with Crippen LogP contribution in [0, 0.1) is 5.92 Å². The van der Waals surface area contributed by atoms with E-state index in [9.17, 15) is 0 Å². The Kier molecular flexibility index (Phi) is 7.87. The van der Waals surface area contributed by atoms with Gasteiger partial charge in [-0.1, -0.05) is 20.8 Å². The van der Waals surface area contributed by atoms with Gasteiger partial charge in [-0.05, 0) is 70.6 Å². The molecule has 1 aliphatic rings. The number of rotatable bonds is 8. The maximum absolute atomic E-state index is 3.65. The Bertz CT molecular complexity index is 169. The van der Waals surface area contributed by atoms with Gasteiger partial charge in [0.05, 0.1) is 0 Å². The van der Waals surface area contributed by atoms with Gasteiger partial charge in [0.1, 0.15) is 0 Å². The molecule has 1 rings (SSSR count). The lowest BCUT2D eigenvalue weighted by Gasteiger charge is -2.30. The van der Waals surface area contributed by atoms with Crippen LogP contribution in [0.3, 0.4) is 0 Å². The zero-order valence-electron chi connectivity index (χ0n) is 12.2. The van der Waals surface area contributed by atoms with E-state index in [2.05, 4.69) is 31.0 Å². The highest BCUT2D eigenvalue weighted by atomic mass is 15.1. The Morgan fingerprint density at radius 1 is 1.24 bits per heavy atom. The van der Waals surface area contributed by atoms with E-state index in [1.807, 2.05) is 0 Å². The average molecular weight is 240 g/mol. The molecule has 102 valence electrons. The van der Waals surface area contributed by atoms with Crippen molar-refractivity contribution in [2.75, 3.05) is 26.2 Å². The molecule has 0 spiro atoms. The summed E-state index contributed by atoms with van der Waals surface area (Å²) in [7, 11) is 0. The zero-order valence-corrected chi connectivity index (χ0v) is 12.2. The molecule has 0 radical (unpaired) electrons. The zero-order chi connectivity index (χ0) is 12.5. The molecule has 1 atom stereocenters. The van der Waals surface area contributed by atoms with Gasteiger partial charge >= 0.3 is 0 Å². The van der Waals surface area contributed by atoms with Crippen molar-refractivity contribution in [3.8, 4) is 0 Å². The molecule has 0 aromatic heterocycles. The lowest BCUT2D eigenvalue weighted by Crippen LogP contribution is -2.35. The van der Waals surface area contributed by atoms with E-state index in [4.69, 9.17) is 0 Å². The van der Waals surface area contributed by atoms with Crippen molar-refractivity contribution < 1.29 is 0 Å². The summed E-state index contributed by atoms with van der Waals surface area (Å²) >= 11 is 0. The van der Waals surface area contributed by atoms with Gasteiger partial charge in [0.15, 0.2) is 0 Å². The van der Waals surface area contributed by atoms with Crippen LogP contribution in [0.1, 0.15) is 59.3 Å². The summed E-state index contributed by atoms with van der Waals surface area (Å²) in [6.45, 7) is 12.1. The van der Waals surface area contributed by atoms with Gasteiger partial charge in [0, 0.05) is 6.04 Å². The molecule has 1 aliphatic heterocycles. The molecule has 17 heavy (non-hydrogen) atoms. The molecule has 1 saturated heterocycles. The molecular weight excluding hydrogens is 208 g/mol. The highest BCUT2D eigenvalue weighted by Crippen LogP contribution is 2.16. The standard InChI is InChI=1S/C15H32N2/c1-4-10-16-15(5-2)7-6-11-17-12-8-14(3)9-13-17/h14-16H,4-13H2,1-3H3. The smallest absolute Gasteiger partial charge is 0.00649 e. The summed E-state index contributed by atoms with van der Waals surface area (Å²) < 4.78 is 0. The first-order chi connectivity index (χ1) is 8.26. The summed E-state index contributed by atoms with van der Waals surface area (Å²) in [5.74, 6) is 0.959. The number of piperidine rings is 1. The Balaban J connectivity index is 2.05. The topological polar surface area (TPSA) is 15.3 Å². The molecule has 0 saturated carbocycles. The number of nitrogens with one attached hydrogen (secondary N) is 1. The summed E-state index contributed by atoms with van der Waals surface area (Å²) in [6, 6.07) is 0.749. The van der Waals surface area contributed by atoms with Crippen LogP contribution in [0.15, 0.2) is 0 Å². The molecule has 2 heteroatoms. The molecule has 0 aliphatic carbocycles. The first-order valence-corrected chi connectivity index (χ1v) is 7.72. The van der Waals surface area contributed by atoms with E-state index in [0.717, 1.165) is 12.0 Å². The fourth-order valence-electron chi connectivity index (χ4n) is 2.65. The third-order valence-corrected chi connectivity index (χ3v) is 4.08. The van der Waals surface area contributed by atoms with Crippen LogP contribution in [-0.4, -0.2) is 37.1 Å². The molecule has 1 unspecified atom stereocenters. The van der Waals surface area contributed by atoms with Crippen molar-refractivity contribution in [3.05, 3.63) is 0 Å². The number of nitrogens with zero attached hydrogens (tertiary/aromatic N) is 1. The number of hydrogen-bond donors (Lipinski definition) is 1. The molecule has 1 N–H and O–H groups in total. The van der Waals surface area contributed by atoms with Crippen molar-refractivity contribution >= 4 is 0 Å². The molecule has 1 heterocycles. The lowest BCUT2D eigenvalue weighted by molar-refractivity contribution is 0.187.